The van der Waals surface area contributed by atoms with Crippen molar-refractivity contribution in [2.45, 2.75) is 46.7 Å². The van der Waals surface area contributed by atoms with Crippen molar-refractivity contribution in [1.29, 1.82) is 0 Å². The molecule has 0 radical (unpaired) electrons. The maximum atomic E-state index is 13.8. The number of aromatic nitrogens is 3. The molecule has 0 spiro atoms. The van der Waals surface area contributed by atoms with Crippen molar-refractivity contribution in [3.05, 3.63) is 87.1 Å². The lowest BCUT2D eigenvalue weighted by Crippen LogP contribution is -2.37. The molecule has 11 heteroatoms. The number of hydrogen-bond donors (Lipinski definition) is 2. The Morgan fingerprint density at radius 2 is 1.80 bits per heavy atom. The van der Waals surface area contributed by atoms with Gasteiger partial charge in [0.25, 0.3) is 17.9 Å². The summed E-state index contributed by atoms with van der Waals surface area (Å²) in [7, 11) is 0. The number of aliphatic hydroxyl groups is 1. The van der Waals surface area contributed by atoms with Crippen molar-refractivity contribution in [3.8, 4) is 11.1 Å². The molecule has 216 valence electrons. The van der Waals surface area contributed by atoms with Crippen molar-refractivity contribution in [2.24, 2.45) is 5.41 Å². The van der Waals surface area contributed by atoms with Crippen molar-refractivity contribution in [1.82, 2.24) is 19.7 Å². The first kappa shape index (κ1) is 30.1. The summed E-state index contributed by atoms with van der Waals surface area (Å²) in [6.07, 6.45) is -2.70. The van der Waals surface area contributed by atoms with Crippen LogP contribution in [0.2, 0.25) is 5.02 Å². The molecule has 0 saturated carbocycles. The molecule has 2 heterocycles. The Labute approximate surface area is 240 Å². The summed E-state index contributed by atoms with van der Waals surface area (Å²) in [5.41, 5.74) is 0.269. The van der Waals surface area contributed by atoms with Crippen LogP contribution in [-0.4, -0.2) is 50.7 Å². The van der Waals surface area contributed by atoms with Crippen molar-refractivity contribution >= 4 is 34.1 Å². The van der Waals surface area contributed by atoms with Gasteiger partial charge in [-0.3, -0.25) is 23.6 Å². The number of amides is 1. The number of ketones is 1. The number of rotatable bonds is 11. The van der Waals surface area contributed by atoms with E-state index in [1.807, 2.05) is 30.3 Å². The van der Waals surface area contributed by atoms with Gasteiger partial charge in [-0.25, -0.2) is 8.78 Å². The second-order valence-corrected chi connectivity index (χ2v) is 11.0. The van der Waals surface area contributed by atoms with Crippen LogP contribution in [-0.2, 0) is 13.1 Å². The number of Topliss-reactive ketones (excluding diaryl/α,β-unsaturated/α-hetero) is 1. The van der Waals surface area contributed by atoms with Gasteiger partial charge < -0.3 is 10.4 Å². The summed E-state index contributed by atoms with van der Waals surface area (Å²) in [5.74, 6) is -0.958. The van der Waals surface area contributed by atoms with E-state index in [9.17, 15) is 28.3 Å². The molecule has 8 nitrogen and oxygen atoms in total. The van der Waals surface area contributed by atoms with Crippen molar-refractivity contribution in [2.75, 3.05) is 13.2 Å². The number of carbonyl (C=O) groups is 2. The number of aliphatic hydroxyl groups excluding tert-OH is 1. The molecule has 0 saturated heterocycles. The predicted octanol–water partition coefficient (Wildman–Crippen LogP) is 5.17. The number of hydrogen-bond acceptors (Lipinski definition) is 5. The smallest absolute Gasteiger partial charge is 0.269 e. The highest BCUT2D eigenvalue weighted by Gasteiger charge is 2.26. The molecule has 0 fully saturated rings. The first-order chi connectivity index (χ1) is 19.5. The minimum atomic E-state index is -2.79. The molecule has 0 aliphatic carbocycles. The maximum absolute atomic E-state index is 13.8. The van der Waals surface area contributed by atoms with Crippen LogP contribution in [0.25, 0.3) is 21.9 Å². The molecule has 1 amide bonds. The van der Waals surface area contributed by atoms with Gasteiger partial charge >= 0.3 is 0 Å². The third-order valence-electron chi connectivity index (χ3n) is 6.73. The number of pyridine rings is 1. The van der Waals surface area contributed by atoms with Gasteiger partial charge in [-0.05, 0) is 35.2 Å². The molecule has 0 bridgehead atoms. The van der Waals surface area contributed by atoms with Gasteiger partial charge in [0.05, 0.1) is 17.9 Å². The normalized spacial score (nSPS) is 11.8. The zero-order valence-electron chi connectivity index (χ0n) is 23.0. The van der Waals surface area contributed by atoms with E-state index < -0.39 is 29.9 Å². The van der Waals surface area contributed by atoms with Gasteiger partial charge in [0, 0.05) is 41.0 Å². The highest BCUT2D eigenvalue weighted by Crippen LogP contribution is 2.33. The lowest BCUT2D eigenvalue weighted by atomic mass is 9.94. The van der Waals surface area contributed by atoms with E-state index in [2.05, 4.69) is 10.4 Å². The molecule has 4 rings (SSSR count). The molecule has 2 aromatic carbocycles. The molecule has 0 aliphatic heterocycles. The van der Waals surface area contributed by atoms with E-state index in [1.54, 1.807) is 39.0 Å². The molecule has 2 aromatic heterocycles. The summed E-state index contributed by atoms with van der Waals surface area (Å²) in [6, 6.07) is 15.3. The van der Waals surface area contributed by atoms with E-state index in [1.165, 1.54) is 10.6 Å². The Kier molecular flexibility index (Phi) is 9.04. The van der Waals surface area contributed by atoms with Crippen LogP contribution in [0, 0.1) is 5.41 Å². The van der Waals surface area contributed by atoms with Crippen molar-refractivity contribution < 1.29 is 23.5 Å². The monoisotopic (exact) mass is 584 g/mol. The molecule has 2 N–H and O–H groups in total. The SMILES string of the molecule is CCC(=O)c1c(-c2ccccc2)c2cc(Cl)ccc2c(=O)n1Cc1cc(C(=O)NCC(C)(C)CO)n(CC(F)F)n1. The van der Waals surface area contributed by atoms with E-state index in [0.29, 0.717) is 26.9 Å². The molecule has 4 aromatic rings. The number of nitrogens with zero attached hydrogens (tertiary/aromatic N) is 3. The van der Waals surface area contributed by atoms with Crippen LogP contribution in [0.1, 0.15) is 53.9 Å². The highest BCUT2D eigenvalue weighted by molar-refractivity contribution is 6.31. The Balaban J connectivity index is 1.90. The molecule has 0 aliphatic rings. The third-order valence-corrected chi connectivity index (χ3v) is 6.97. The van der Waals surface area contributed by atoms with Crippen LogP contribution in [0.3, 0.4) is 0 Å². The Bertz CT molecular complexity index is 1650. The number of halogens is 3. The number of nitrogens with one attached hydrogen (secondary N) is 1. The first-order valence-corrected chi connectivity index (χ1v) is 13.5. The van der Waals surface area contributed by atoms with E-state index >= 15 is 0 Å². The Hall–Kier alpha value is -3.89. The third kappa shape index (κ3) is 6.55. The second kappa shape index (κ2) is 12.3. The van der Waals surface area contributed by atoms with Gasteiger partial charge in [-0.15, -0.1) is 0 Å². The predicted molar refractivity (Wildman–Crippen MR) is 154 cm³/mol. The second-order valence-electron chi connectivity index (χ2n) is 10.5. The van der Waals surface area contributed by atoms with Gasteiger partial charge in [0.15, 0.2) is 5.78 Å². The zero-order chi connectivity index (χ0) is 29.9. The summed E-state index contributed by atoms with van der Waals surface area (Å²) < 4.78 is 29.0. The summed E-state index contributed by atoms with van der Waals surface area (Å²) >= 11 is 6.30. The molecule has 0 unspecified atom stereocenters. The standard InChI is InChI=1S/C30H31ClF2N4O4/c1-4-24(39)27-26(18-8-6-5-7-9-18)22-12-19(31)10-11-21(22)29(41)36(27)14-20-13-23(37(35-20)15-25(32)33)28(40)34-16-30(2,3)17-38/h5-13,25,38H,4,14-17H2,1-3H3,(H,34,40). The van der Waals surface area contributed by atoms with E-state index in [-0.39, 0.29) is 49.0 Å². The molecule has 0 atom stereocenters. The van der Waals surface area contributed by atoms with Gasteiger partial charge in [0.1, 0.15) is 12.2 Å². The fraction of sp³-hybridized carbons (Fsp3) is 0.333. The average molecular weight is 585 g/mol. The maximum Gasteiger partial charge on any atom is 0.269 e. The van der Waals surface area contributed by atoms with Crippen molar-refractivity contribution in [3.63, 3.8) is 0 Å². The van der Waals surface area contributed by atoms with Crippen LogP contribution in [0.15, 0.2) is 59.4 Å². The average Bonchev–Trinajstić information content (AvgIpc) is 3.34. The minimum Gasteiger partial charge on any atom is -0.396 e. The first-order valence-electron chi connectivity index (χ1n) is 13.1. The Morgan fingerprint density at radius 3 is 2.44 bits per heavy atom. The number of carbonyl (C=O) groups excluding carboxylic acids is 2. The fourth-order valence-electron chi connectivity index (χ4n) is 4.55. The highest BCUT2D eigenvalue weighted by atomic mass is 35.5. The number of alkyl halides is 2. The van der Waals surface area contributed by atoms with Crippen LogP contribution in [0.5, 0.6) is 0 Å². The largest absolute Gasteiger partial charge is 0.396 e. The van der Waals surface area contributed by atoms with Gasteiger partial charge in [0.2, 0.25) is 0 Å². The Morgan fingerprint density at radius 1 is 1.10 bits per heavy atom. The lowest BCUT2D eigenvalue weighted by molar-refractivity contribution is 0.0883. The molecular formula is C30H31ClF2N4O4. The van der Waals surface area contributed by atoms with Gasteiger partial charge in [-0.1, -0.05) is 62.7 Å². The van der Waals surface area contributed by atoms with Crippen LogP contribution >= 0.6 is 11.6 Å². The zero-order valence-corrected chi connectivity index (χ0v) is 23.7. The number of fused-ring (bicyclic) bond motifs is 1. The topological polar surface area (TPSA) is 106 Å². The van der Waals surface area contributed by atoms with Crippen LogP contribution in [0.4, 0.5) is 8.78 Å². The fourth-order valence-corrected chi connectivity index (χ4v) is 4.72. The summed E-state index contributed by atoms with van der Waals surface area (Å²) in [4.78, 5) is 40.2. The minimum absolute atomic E-state index is 0.0967. The van der Waals surface area contributed by atoms with Gasteiger partial charge in [-0.2, -0.15) is 5.10 Å². The van der Waals surface area contributed by atoms with Crippen LogP contribution < -0.4 is 10.9 Å². The number of benzene rings is 2. The van der Waals surface area contributed by atoms with E-state index in [4.69, 9.17) is 11.6 Å². The summed E-state index contributed by atoms with van der Waals surface area (Å²) in [6.45, 7) is 3.99. The van der Waals surface area contributed by atoms with E-state index in [0.717, 1.165) is 4.68 Å². The molecule has 41 heavy (non-hydrogen) atoms. The lowest BCUT2D eigenvalue weighted by Gasteiger charge is -2.21. The molecular weight excluding hydrogens is 554 g/mol. The quantitative estimate of drug-likeness (QED) is 0.237. The summed E-state index contributed by atoms with van der Waals surface area (Å²) in [5, 5.41) is 17.6.